The van der Waals surface area contributed by atoms with Crippen LogP contribution in [0.1, 0.15) is 40.3 Å². The number of rotatable bonds is 9. The van der Waals surface area contributed by atoms with Crippen LogP contribution in [-0.4, -0.2) is 36.3 Å². The molecule has 0 saturated carbocycles. The van der Waals surface area contributed by atoms with Gasteiger partial charge in [0.2, 0.25) is 0 Å². The SMILES string of the molecule is CC(C)OCc1c(C(=O)NCCOc2ccc(C(=O)NO)cc2)oc2ccccc12. The maximum absolute atomic E-state index is 12.7. The molecular weight excluding hydrogens is 388 g/mol. The van der Waals surface area contributed by atoms with E-state index in [1.807, 2.05) is 38.1 Å². The quantitative estimate of drug-likeness (QED) is 0.283. The zero-order valence-corrected chi connectivity index (χ0v) is 16.8. The highest BCUT2D eigenvalue weighted by Gasteiger charge is 2.20. The minimum absolute atomic E-state index is 0.0258. The summed E-state index contributed by atoms with van der Waals surface area (Å²) in [6, 6.07) is 13.7. The number of ether oxygens (including phenoxy) is 2. The molecule has 0 unspecified atom stereocenters. The van der Waals surface area contributed by atoms with Crippen molar-refractivity contribution in [1.82, 2.24) is 10.8 Å². The van der Waals surface area contributed by atoms with E-state index >= 15 is 0 Å². The standard InChI is InChI=1S/C22H24N2O6/c1-14(2)29-13-18-17-5-3-4-6-19(17)30-20(18)22(26)23-11-12-28-16-9-7-15(8-10-16)21(25)24-27/h3-10,14,27H,11-13H2,1-2H3,(H,23,26)(H,24,25). The Labute approximate surface area is 173 Å². The number of carbonyl (C=O) groups excluding carboxylic acids is 2. The Hall–Kier alpha value is -3.36. The predicted octanol–water partition coefficient (Wildman–Crippen LogP) is 3.29. The maximum Gasteiger partial charge on any atom is 0.287 e. The highest BCUT2D eigenvalue weighted by atomic mass is 16.5. The van der Waals surface area contributed by atoms with Crippen LogP contribution in [0.2, 0.25) is 0 Å². The summed E-state index contributed by atoms with van der Waals surface area (Å²) in [6.45, 7) is 4.64. The molecule has 1 aromatic heterocycles. The van der Waals surface area contributed by atoms with Crippen LogP contribution in [0, 0.1) is 0 Å². The molecule has 1 heterocycles. The van der Waals surface area contributed by atoms with Gasteiger partial charge < -0.3 is 19.2 Å². The van der Waals surface area contributed by atoms with Gasteiger partial charge in [-0.1, -0.05) is 18.2 Å². The normalized spacial score (nSPS) is 10.9. The van der Waals surface area contributed by atoms with Crippen LogP contribution in [0.4, 0.5) is 0 Å². The summed E-state index contributed by atoms with van der Waals surface area (Å²) in [5.41, 5.74) is 3.22. The van der Waals surface area contributed by atoms with Crippen molar-refractivity contribution in [3.63, 3.8) is 0 Å². The third-order valence-electron chi connectivity index (χ3n) is 4.34. The summed E-state index contributed by atoms with van der Waals surface area (Å²) in [5.74, 6) is -0.172. The first-order valence-corrected chi connectivity index (χ1v) is 9.57. The molecule has 3 rings (SSSR count). The van der Waals surface area contributed by atoms with Gasteiger partial charge >= 0.3 is 0 Å². The second kappa shape index (κ2) is 9.91. The van der Waals surface area contributed by atoms with E-state index in [-0.39, 0.29) is 37.5 Å². The van der Waals surface area contributed by atoms with Crippen LogP contribution >= 0.6 is 0 Å². The van der Waals surface area contributed by atoms with E-state index in [0.717, 1.165) is 10.9 Å². The Morgan fingerprint density at radius 3 is 2.50 bits per heavy atom. The van der Waals surface area contributed by atoms with E-state index in [2.05, 4.69) is 5.32 Å². The smallest absolute Gasteiger partial charge is 0.287 e. The topological polar surface area (TPSA) is 110 Å². The van der Waals surface area contributed by atoms with E-state index in [1.165, 1.54) is 12.1 Å². The number of hydrogen-bond donors (Lipinski definition) is 3. The van der Waals surface area contributed by atoms with Gasteiger partial charge in [0.15, 0.2) is 5.76 Å². The number of fused-ring (bicyclic) bond motifs is 1. The monoisotopic (exact) mass is 412 g/mol. The molecule has 0 aliphatic rings. The van der Waals surface area contributed by atoms with Crippen molar-refractivity contribution in [2.45, 2.75) is 26.6 Å². The van der Waals surface area contributed by atoms with Gasteiger partial charge in [-0.3, -0.25) is 14.8 Å². The van der Waals surface area contributed by atoms with Gasteiger partial charge in [0.05, 0.1) is 19.3 Å². The molecule has 2 aromatic carbocycles. The van der Waals surface area contributed by atoms with E-state index in [0.29, 0.717) is 16.9 Å². The summed E-state index contributed by atoms with van der Waals surface area (Å²) in [4.78, 5) is 24.0. The van der Waals surface area contributed by atoms with Crippen LogP contribution in [0.5, 0.6) is 5.75 Å². The predicted molar refractivity (Wildman–Crippen MR) is 110 cm³/mol. The Kier molecular flexibility index (Phi) is 7.05. The minimum atomic E-state index is -0.600. The maximum atomic E-state index is 12.7. The summed E-state index contributed by atoms with van der Waals surface area (Å²) >= 11 is 0. The first-order chi connectivity index (χ1) is 14.5. The Morgan fingerprint density at radius 2 is 1.80 bits per heavy atom. The van der Waals surface area contributed by atoms with Crippen molar-refractivity contribution in [3.8, 4) is 5.75 Å². The molecule has 0 fully saturated rings. The average molecular weight is 412 g/mol. The molecule has 0 spiro atoms. The molecule has 0 aliphatic carbocycles. The lowest BCUT2D eigenvalue weighted by Gasteiger charge is -2.09. The molecule has 0 aliphatic heterocycles. The van der Waals surface area contributed by atoms with Gasteiger partial charge in [-0.2, -0.15) is 0 Å². The van der Waals surface area contributed by atoms with Gasteiger partial charge in [0, 0.05) is 16.5 Å². The molecule has 30 heavy (non-hydrogen) atoms. The summed E-state index contributed by atoms with van der Waals surface area (Å²) in [5, 5.41) is 12.3. The molecule has 2 amide bonds. The van der Waals surface area contributed by atoms with Crippen molar-refractivity contribution < 1.29 is 28.7 Å². The molecule has 3 aromatic rings. The molecule has 158 valence electrons. The first kappa shape index (κ1) is 21.4. The molecule has 8 heteroatoms. The second-order valence-electron chi connectivity index (χ2n) is 6.84. The lowest BCUT2D eigenvalue weighted by atomic mass is 10.1. The van der Waals surface area contributed by atoms with Crippen LogP contribution in [0.3, 0.4) is 0 Å². The Morgan fingerprint density at radius 1 is 1.07 bits per heavy atom. The third kappa shape index (κ3) is 5.16. The fourth-order valence-corrected chi connectivity index (χ4v) is 2.86. The fourth-order valence-electron chi connectivity index (χ4n) is 2.86. The van der Waals surface area contributed by atoms with Crippen LogP contribution in [0.25, 0.3) is 11.0 Å². The van der Waals surface area contributed by atoms with E-state index in [9.17, 15) is 9.59 Å². The van der Waals surface area contributed by atoms with Gasteiger partial charge in [0.25, 0.3) is 11.8 Å². The first-order valence-electron chi connectivity index (χ1n) is 9.57. The summed E-state index contributed by atoms with van der Waals surface area (Å²) in [6.07, 6.45) is 0.0258. The van der Waals surface area contributed by atoms with Gasteiger partial charge in [-0.05, 0) is 44.2 Å². The number of benzene rings is 2. The Bertz CT molecular complexity index is 1010. The molecule has 8 nitrogen and oxygen atoms in total. The molecule has 3 N–H and O–H groups in total. The lowest BCUT2D eigenvalue weighted by Crippen LogP contribution is -2.28. The number of carbonyl (C=O) groups is 2. The van der Waals surface area contributed by atoms with Gasteiger partial charge in [-0.15, -0.1) is 0 Å². The largest absolute Gasteiger partial charge is 0.492 e. The molecule has 0 radical (unpaired) electrons. The number of furan rings is 1. The number of para-hydroxylation sites is 1. The van der Waals surface area contributed by atoms with E-state index in [4.69, 9.17) is 19.1 Å². The van der Waals surface area contributed by atoms with Crippen LogP contribution < -0.4 is 15.5 Å². The molecule has 0 bridgehead atoms. The van der Waals surface area contributed by atoms with E-state index < -0.39 is 5.91 Å². The second-order valence-corrected chi connectivity index (χ2v) is 6.84. The zero-order chi connectivity index (χ0) is 21.5. The van der Waals surface area contributed by atoms with Crippen LogP contribution in [0.15, 0.2) is 52.9 Å². The molecule has 0 saturated heterocycles. The minimum Gasteiger partial charge on any atom is -0.492 e. The van der Waals surface area contributed by atoms with E-state index in [1.54, 1.807) is 17.6 Å². The van der Waals surface area contributed by atoms with Crippen molar-refractivity contribution >= 4 is 22.8 Å². The van der Waals surface area contributed by atoms with Crippen molar-refractivity contribution in [1.29, 1.82) is 0 Å². The van der Waals surface area contributed by atoms with Gasteiger partial charge in [0.1, 0.15) is 17.9 Å². The molecule has 0 atom stereocenters. The fraction of sp³-hybridized carbons (Fsp3) is 0.273. The Balaban J connectivity index is 1.59. The number of hydrogen-bond acceptors (Lipinski definition) is 6. The van der Waals surface area contributed by atoms with Crippen molar-refractivity contribution in [3.05, 3.63) is 65.4 Å². The third-order valence-corrected chi connectivity index (χ3v) is 4.34. The number of hydroxylamine groups is 1. The highest BCUT2D eigenvalue weighted by Crippen LogP contribution is 2.27. The number of amides is 2. The number of nitrogens with one attached hydrogen (secondary N) is 2. The molecular formula is C22H24N2O6. The average Bonchev–Trinajstić information content (AvgIpc) is 3.13. The summed E-state index contributed by atoms with van der Waals surface area (Å²) < 4.78 is 17.0. The van der Waals surface area contributed by atoms with Gasteiger partial charge in [-0.25, -0.2) is 5.48 Å². The summed E-state index contributed by atoms with van der Waals surface area (Å²) in [7, 11) is 0. The van der Waals surface area contributed by atoms with Crippen LogP contribution in [-0.2, 0) is 11.3 Å². The lowest BCUT2D eigenvalue weighted by molar-refractivity contribution is 0.0643. The van der Waals surface area contributed by atoms with Crippen molar-refractivity contribution in [2.24, 2.45) is 0 Å². The zero-order valence-electron chi connectivity index (χ0n) is 16.8. The van der Waals surface area contributed by atoms with Crippen molar-refractivity contribution in [2.75, 3.05) is 13.2 Å². The highest BCUT2D eigenvalue weighted by molar-refractivity contribution is 5.99.